The molecule has 1 saturated carbocycles. The molecule has 0 spiro atoms. The highest BCUT2D eigenvalue weighted by atomic mass is 16.5. The molecule has 0 saturated heterocycles. The minimum atomic E-state index is -0.396. The molecule has 1 aromatic carbocycles. The molecule has 30 heavy (non-hydrogen) atoms. The van der Waals surface area contributed by atoms with E-state index in [2.05, 4.69) is 38.0 Å². The summed E-state index contributed by atoms with van der Waals surface area (Å²) >= 11 is 0. The zero-order chi connectivity index (χ0) is 22.1. The van der Waals surface area contributed by atoms with Crippen molar-refractivity contribution in [3.8, 4) is 5.75 Å². The number of carbonyl (C=O) groups excluding carboxylic acids is 2. The van der Waals surface area contributed by atoms with Crippen LogP contribution < -0.4 is 5.32 Å². The van der Waals surface area contributed by atoms with Crippen LogP contribution in [0.5, 0.6) is 5.75 Å². The predicted molar refractivity (Wildman–Crippen MR) is 114 cm³/mol. The molecule has 2 aromatic rings. The number of benzene rings is 1. The molecule has 6 heteroatoms. The lowest BCUT2D eigenvalue weighted by molar-refractivity contribution is -0.0971. The van der Waals surface area contributed by atoms with E-state index in [0.717, 1.165) is 0 Å². The average Bonchev–Trinajstić information content (AvgIpc) is 2.66. The third-order valence-corrected chi connectivity index (χ3v) is 5.88. The van der Waals surface area contributed by atoms with Crippen LogP contribution in [0.25, 0.3) is 0 Å². The summed E-state index contributed by atoms with van der Waals surface area (Å²) in [6.07, 6.45) is 2.48. The van der Waals surface area contributed by atoms with Gasteiger partial charge < -0.3 is 15.2 Å². The van der Waals surface area contributed by atoms with E-state index in [1.165, 1.54) is 6.20 Å². The maximum absolute atomic E-state index is 12.7. The number of aromatic hydroxyl groups is 1. The Balaban J connectivity index is 1.75. The van der Waals surface area contributed by atoms with Gasteiger partial charge in [-0.15, -0.1) is 0 Å². The Morgan fingerprint density at radius 3 is 2.27 bits per heavy atom. The molecular formula is C24H30N2O4. The zero-order valence-corrected chi connectivity index (χ0v) is 18.2. The monoisotopic (exact) mass is 410 g/mol. The summed E-state index contributed by atoms with van der Waals surface area (Å²) in [5, 5.41) is 13.2. The number of ether oxygens (including phenoxy) is 1. The van der Waals surface area contributed by atoms with Crippen molar-refractivity contribution >= 4 is 11.9 Å². The van der Waals surface area contributed by atoms with Crippen LogP contribution in [-0.2, 0) is 4.74 Å². The Morgan fingerprint density at radius 1 is 1.07 bits per heavy atom. The molecule has 0 atom stereocenters. The van der Waals surface area contributed by atoms with Gasteiger partial charge in [0, 0.05) is 23.1 Å². The topological polar surface area (TPSA) is 88.5 Å². The summed E-state index contributed by atoms with van der Waals surface area (Å²) in [6.45, 7) is 9.94. The third kappa shape index (κ3) is 4.48. The summed E-state index contributed by atoms with van der Waals surface area (Å²) in [4.78, 5) is 29.4. The Hall–Kier alpha value is -2.89. The van der Waals surface area contributed by atoms with Crippen LogP contribution in [0.2, 0.25) is 0 Å². The van der Waals surface area contributed by atoms with Crippen molar-refractivity contribution < 1.29 is 19.4 Å². The van der Waals surface area contributed by atoms with Gasteiger partial charge in [0.05, 0.1) is 5.56 Å². The first-order valence-corrected chi connectivity index (χ1v) is 10.2. The molecule has 1 heterocycles. The number of aromatic nitrogens is 1. The summed E-state index contributed by atoms with van der Waals surface area (Å²) in [7, 11) is 0. The van der Waals surface area contributed by atoms with Gasteiger partial charge in [0.25, 0.3) is 5.91 Å². The van der Waals surface area contributed by atoms with E-state index in [-0.39, 0.29) is 40.4 Å². The Bertz CT molecular complexity index is 919. The third-order valence-electron chi connectivity index (χ3n) is 5.88. The van der Waals surface area contributed by atoms with Gasteiger partial charge in [-0.2, -0.15) is 0 Å². The number of amides is 1. The molecule has 1 aliphatic rings. The fourth-order valence-corrected chi connectivity index (χ4v) is 4.75. The number of nitrogens with one attached hydrogen (secondary N) is 1. The molecule has 0 unspecified atom stereocenters. The molecule has 1 amide bonds. The van der Waals surface area contributed by atoms with Crippen molar-refractivity contribution in [1.82, 2.24) is 10.3 Å². The molecule has 2 N–H and O–H groups in total. The lowest BCUT2D eigenvalue weighted by Crippen LogP contribution is -2.55. The van der Waals surface area contributed by atoms with E-state index in [4.69, 9.17) is 4.74 Å². The van der Waals surface area contributed by atoms with Gasteiger partial charge in [-0.1, -0.05) is 45.9 Å². The van der Waals surface area contributed by atoms with Crippen LogP contribution in [0, 0.1) is 17.8 Å². The number of carbonyl (C=O) groups is 2. The average molecular weight is 411 g/mol. The van der Waals surface area contributed by atoms with Crippen LogP contribution >= 0.6 is 0 Å². The second kappa shape index (κ2) is 8.09. The van der Waals surface area contributed by atoms with E-state index < -0.39 is 5.91 Å². The van der Waals surface area contributed by atoms with E-state index in [1.54, 1.807) is 25.1 Å². The molecular weight excluding hydrogens is 380 g/mol. The molecule has 3 rings (SSSR count). The second-order valence-corrected chi connectivity index (χ2v) is 9.53. The number of nitrogens with zero attached hydrogens (tertiary/aromatic N) is 1. The fraction of sp³-hybridized carbons (Fsp3) is 0.458. The van der Waals surface area contributed by atoms with Crippen LogP contribution in [-0.4, -0.2) is 34.1 Å². The Morgan fingerprint density at radius 2 is 1.67 bits per heavy atom. The van der Waals surface area contributed by atoms with Gasteiger partial charge in [0.15, 0.2) is 5.69 Å². The van der Waals surface area contributed by atoms with Crippen molar-refractivity contribution in [2.24, 2.45) is 10.8 Å². The molecule has 1 aliphatic carbocycles. The zero-order valence-electron chi connectivity index (χ0n) is 18.2. The Labute approximate surface area is 177 Å². The number of hydrogen-bond donors (Lipinski definition) is 2. The maximum Gasteiger partial charge on any atom is 0.338 e. The van der Waals surface area contributed by atoms with Crippen LogP contribution in [0.15, 0.2) is 42.6 Å². The van der Waals surface area contributed by atoms with Crippen molar-refractivity contribution in [3.63, 3.8) is 0 Å². The standard InChI is InChI=1S/C24H30N2O4/c1-15-11-12-25-18(19(15)27)20(28)26-17-13-23(2,3)22(24(4,5)14-17)30-21(29)16-9-7-6-8-10-16/h6-12,17,22,27H,13-14H2,1-5H3,(H,26,28). The molecule has 6 nitrogen and oxygen atoms in total. The van der Waals surface area contributed by atoms with E-state index in [0.29, 0.717) is 24.0 Å². The lowest BCUT2D eigenvalue weighted by atomic mass is 9.61. The highest BCUT2D eigenvalue weighted by Gasteiger charge is 2.50. The number of hydrogen-bond acceptors (Lipinski definition) is 5. The maximum atomic E-state index is 12.7. The summed E-state index contributed by atoms with van der Waals surface area (Å²) in [5.74, 6) is -0.829. The molecule has 1 fully saturated rings. The summed E-state index contributed by atoms with van der Waals surface area (Å²) in [5.41, 5.74) is 0.453. The van der Waals surface area contributed by atoms with Gasteiger partial charge in [-0.3, -0.25) is 4.79 Å². The molecule has 160 valence electrons. The molecule has 0 radical (unpaired) electrons. The first-order chi connectivity index (χ1) is 14.0. The Kier molecular flexibility index (Phi) is 5.88. The fourth-order valence-electron chi connectivity index (χ4n) is 4.75. The van der Waals surface area contributed by atoms with Gasteiger partial charge >= 0.3 is 5.97 Å². The SMILES string of the molecule is Cc1ccnc(C(=O)NC2CC(C)(C)C(OC(=O)c3ccccc3)C(C)(C)C2)c1O. The molecule has 0 aliphatic heterocycles. The van der Waals surface area contributed by atoms with Crippen LogP contribution in [0.3, 0.4) is 0 Å². The highest BCUT2D eigenvalue weighted by Crippen LogP contribution is 2.48. The predicted octanol–water partition coefficient (Wildman–Crippen LogP) is 4.27. The number of aryl methyl sites for hydroxylation is 1. The van der Waals surface area contributed by atoms with Gasteiger partial charge in [0.2, 0.25) is 0 Å². The summed E-state index contributed by atoms with van der Waals surface area (Å²) < 4.78 is 5.98. The van der Waals surface area contributed by atoms with Gasteiger partial charge in [-0.25, -0.2) is 9.78 Å². The lowest BCUT2D eigenvalue weighted by Gasteiger charge is -2.51. The van der Waals surface area contributed by atoms with Crippen LogP contribution in [0.4, 0.5) is 0 Å². The van der Waals surface area contributed by atoms with Gasteiger partial charge in [0.1, 0.15) is 11.9 Å². The van der Waals surface area contributed by atoms with Crippen molar-refractivity contribution in [2.45, 2.75) is 59.6 Å². The van der Waals surface area contributed by atoms with Crippen molar-refractivity contribution in [1.29, 1.82) is 0 Å². The van der Waals surface area contributed by atoms with Crippen molar-refractivity contribution in [3.05, 3.63) is 59.4 Å². The molecule has 0 bridgehead atoms. The first kappa shape index (κ1) is 21.8. The quantitative estimate of drug-likeness (QED) is 0.735. The molecule has 1 aromatic heterocycles. The van der Waals surface area contributed by atoms with Crippen molar-refractivity contribution in [2.75, 3.05) is 0 Å². The first-order valence-electron chi connectivity index (χ1n) is 10.2. The largest absolute Gasteiger partial charge is 0.505 e. The smallest absolute Gasteiger partial charge is 0.338 e. The number of pyridine rings is 1. The normalized spacial score (nSPS) is 22.2. The minimum absolute atomic E-state index is 0.0308. The second-order valence-electron chi connectivity index (χ2n) is 9.53. The number of rotatable bonds is 4. The van der Waals surface area contributed by atoms with E-state index in [1.807, 2.05) is 18.2 Å². The van der Waals surface area contributed by atoms with E-state index >= 15 is 0 Å². The minimum Gasteiger partial charge on any atom is -0.505 e. The van der Waals surface area contributed by atoms with Gasteiger partial charge in [-0.05, 0) is 43.5 Å². The summed E-state index contributed by atoms with van der Waals surface area (Å²) in [6, 6.07) is 10.5. The van der Waals surface area contributed by atoms with Crippen LogP contribution in [0.1, 0.15) is 66.9 Å². The van der Waals surface area contributed by atoms with E-state index in [9.17, 15) is 14.7 Å². The number of esters is 1. The highest BCUT2D eigenvalue weighted by molar-refractivity contribution is 5.95.